The van der Waals surface area contributed by atoms with E-state index in [1.54, 1.807) is 0 Å². The van der Waals surface area contributed by atoms with Gasteiger partial charge in [0, 0.05) is 44.4 Å². The van der Waals surface area contributed by atoms with E-state index in [1.807, 2.05) is 17.0 Å². The first-order valence-electron chi connectivity index (χ1n) is 15.2. The van der Waals surface area contributed by atoms with Crippen LogP contribution in [0.15, 0.2) is 29.8 Å². The number of nitrogens with zero attached hydrogens (tertiary/aromatic N) is 3. The van der Waals surface area contributed by atoms with Crippen molar-refractivity contribution in [1.29, 1.82) is 0 Å². The van der Waals surface area contributed by atoms with E-state index in [0.29, 0.717) is 19.6 Å². The van der Waals surface area contributed by atoms with Gasteiger partial charge in [0.15, 0.2) is 0 Å². The van der Waals surface area contributed by atoms with Crippen molar-refractivity contribution >= 4 is 11.9 Å². The van der Waals surface area contributed by atoms with E-state index >= 15 is 0 Å². The Morgan fingerprint density at radius 2 is 1.88 bits per heavy atom. The predicted octanol–water partition coefficient (Wildman–Crippen LogP) is 5.20. The molecule has 0 radical (unpaired) electrons. The van der Waals surface area contributed by atoms with E-state index in [2.05, 4.69) is 72.8 Å². The second-order valence-electron chi connectivity index (χ2n) is 13.9. The van der Waals surface area contributed by atoms with Gasteiger partial charge in [0.2, 0.25) is 5.91 Å². The molecule has 1 saturated heterocycles. The van der Waals surface area contributed by atoms with Gasteiger partial charge in [0.1, 0.15) is 5.75 Å². The van der Waals surface area contributed by atoms with Crippen LogP contribution in [0.3, 0.4) is 0 Å². The highest BCUT2D eigenvalue weighted by atomic mass is 16.5. The summed E-state index contributed by atoms with van der Waals surface area (Å²) in [4.78, 5) is 31.0. The molecule has 0 aromatic heterocycles. The van der Waals surface area contributed by atoms with E-state index in [9.17, 15) is 14.7 Å². The minimum Gasteiger partial charge on any atom is -0.493 e. The maximum atomic E-state index is 13.8. The summed E-state index contributed by atoms with van der Waals surface area (Å²) >= 11 is 0. The van der Waals surface area contributed by atoms with Crippen molar-refractivity contribution in [2.75, 3.05) is 60.5 Å². The Labute approximate surface area is 242 Å². The maximum Gasteiger partial charge on any atom is 0.308 e. The summed E-state index contributed by atoms with van der Waals surface area (Å²) in [6.45, 7) is 14.7. The fraction of sp³-hybridized carbons (Fsp3) is 0.697. The van der Waals surface area contributed by atoms with Crippen LogP contribution in [0.2, 0.25) is 0 Å². The molecule has 1 aromatic carbocycles. The largest absolute Gasteiger partial charge is 0.493 e. The molecule has 40 heavy (non-hydrogen) atoms. The summed E-state index contributed by atoms with van der Waals surface area (Å²) in [7, 11) is 6.54. The number of unbranched alkanes of at least 4 members (excludes halogenated alkanes) is 1. The summed E-state index contributed by atoms with van der Waals surface area (Å²) in [6, 6.07) is 5.94. The fourth-order valence-electron chi connectivity index (χ4n) is 6.62. The summed E-state index contributed by atoms with van der Waals surface area (Å²) < 4.78 is 6.59. The number of rotatable bonds is 14. The van der Waals surface area contributed by atoms with Crippen molar-refractivity contribution in [3.63, 3.8) is 0 Å². The minimum atomic E-state index is -0.777. The molecule has 3 rings (SSSR count). The van der Waals surface area contributed by atoms with Gasteiger partial charge in [-0.2, -0.15) is 0 Å². The molecular weight excluding hydrogens is 502 g/mol. The van der Waals surface area contributed by atoms with E-state index in [0.717, 1.165) is 66.7 Å². The topological polar surface area (TPSA) is 70.1 Å². The maximum absolute atomic E-state index is 13.8. The summed E-state index contributed by atoms with van der Waals surface area (Å²) in [5.41, 5.74) is 3.23. The molecule has 2 heterocycles. The predicted molar refractivity (Wildman–Crippen MR) is 162 cm³/mol. The monoisotopic (exact) mass is 556 g/mol. The SMILES string of the molecule is CCCCN(CCC[N+](C)(C)C)C(=O)CN1C[C@H](c2ccc3c(c2)CCO3)C(C(=O)O)[C@@H]1CC(C)(C)C=C(C)C. The second kappa shape index (κ2) is 13.5. The Morgan fingerprint density at radius 3 is 2.50 bits per heavy atom. The summed E-state index contributed by atoms with van der Waals surface area (Å²) in [6.07, 6.45) is 6.74. The van der Waals surface area contributed by atoms with E-state index in [4.69, 9.17) is 4.74 Å². The molecule has 0 saturated carbocycles. The molecule has 2 aliphatic rings. The van der Waals surface area contributed by atoms with Crippen molar-refractivity contribution in [3.05, 3.63) is 41.0 Å². The van der Waals surface area contributed by atoms with Gasteiger partial charge in [-0.25, -0.2) is 0 Å². The molecule has 1 N–H and O–H groups in total. The normalized spacial score (nSPS) is 21.1. The molecule has 0 spiro atoms. The lowest BCUT2D eigenvalue weighted by molar-refractivity contribution is -0.870. The number of carboxylic acid groups (broad SMARTS) is 1. The Bertz CT molecular complexity index is 1050. The zero-order chi connectivity index (χ0) is 29.7. The third kappa shape index (κ3) is 8.81. The van der Waals surface area contributed by atoms with Gasteiger partial charge >= 0.3 is 5.97 Å². The number of carbonyl (C=O) groups excluding carboxylic acids is 1. The molecule has 0 bridgehead atoms. The number of amides is 1. The molecule has 7 heteroatoms. The first kappa shape index (κ1) is 32.1. The van der Waals surface area contributed by atoms with Gasteiger partial charge < -0.3 is 19.2 Å². The Morgan fingerprint density at radius 1 is 1.18 bits per heavy atom. The van der Waals surface area contributed by atoms with Gasteiger partial charge in [-0.1, -0.05) is 51.0 Å². The smallest absolute Gasteiger partial charge is 0.308 e. The number of carboxylic acids is 1. The summed E-state index contributed by atoms with van der Waals surface area (Å²) in [5.74, 6) is -0.513. The lowest BCUT2D eigenvalue weighted by Crippen LogP contribution is -2.46. The third-order valence-electron chi connectivity index (χ3n) is 8.32. The molecule has 1 aromatic rings. The lowest BCUT2D eigenvalue weighted by Gasteiger charge is -2.34. The number of fused-ring (bicyclic) bond motifs is 1. The van der Waals surface area contributed by atoms with Crippen LogP contribution in [0.25, 0.3) is 0 Å². The molecule has 1 fully saturated rings. The van der Waals surface area contributed by atoms with E-state index in [1.165, 1.54) is 5.57 Å². The number of benzene rings is 1. The quantitative estimate of drug-likeness (QED) is 0.252. The van der Waals surface area contributed by atoms with Gasteiger partial charge in [-0.15, -0.1) is 0 Å². The number of likely N-dealkylation sites (tertiary alicyclic amines) is 1. The average molecular weight is 557 g/mol. The van der Waals surface area contributed by atoms with Gasteiger partial charge in [-0.3, -0.25) is 14.5 Å². The molecular formula is C33H54N3O4+. The number of allylic oxidation sites excluding steroid dienone is 2. The number of quaternary nitrogens is 1. The van der Waals surface area contributed by atoms with Crippen LogP contribution in [0.4, 0.5) is 0 Å². The van der Waals surface area contributed by atoms with E-state index in [-0.39, 0.29) is 29.8 Å². The zero-order valence-electron chi connectivity index (χ0n) is 26.3. The molecule has 1 amide bonds. The number of carbonyl (C=O) groups is 2. The number of hydrogen-bond acceptors (Lipinski definition) is 4. The summed E-state index contributed by atoms with van der Waals surface area (Å²) in [5, 5.41) is 10.6. The molecule has 0 aliphatic carbocycles. The van der Waals surface area contributed by atoms with Crippen LogP contribution in [0.1, 0.15) is 77.3 Å². The number of ether oxygens (including phenoxy) is 1. The molecule has 3 atom stereocenters. The molecule has 2 aliphatic heterocycles. The van der Waals surface area contributed by atoms with Gasteiger partial charge in [0.05, 0.1) is 46.8 Å². The first-order chi connectivity index (χ1) is 18.7. The lowest BCUT2D eigenvalue weighted by atomic mass is 9.77. The minimum absolute atomic E-state index is 0.118. The van der Waals surface area contributed by atoms with E-state index < -0.39 is 11.9 Å². The molecule has 7 nitrogen and oxygen atoms in total. The van der Waals surface area contributed by atoms with Crippen molar-refractivity contribution in [2.45, 2.75) is 78.7 Å². The average Bonchev–Trinajstić information content (AvgIpc) is 3.43. The number of aliphatic carboxylic acids is 1. The van der Waals surface area contributed by atoms with Crippen LogP contribution in [0, 0.1) is 11.3 Å². The third-order valence-corrected chi connectivity index (χ3v) is 8.32. The van der Waals surface area contributed by atoms with Crippen molar-refractivity contribution < 1.29 is 23.9 Å². The van der Waals surface area contributed by atoms with Crippen molar-refractivity contribution in [3.8, 4) is 5.75 Å². The Kier molecular flexibility index (Phi) is 10.9. The second-order valence-corrected chi connectivity index (χ2v) is 13.9. The standard InChI is InChI=1S/C33H53N3O4/c1-9-10-15-34(16-11-17-36(6,7)8)30(37)23-35-22-27(25-12-13-29-26(19-25)14-18-40-29)31(32(38)39)28(35)21-33(4,5)20-24(2)3/h12-13,19-20,27-28,31H,9-11,14-18,21-23H2,1-8H3/p+1/t27-,28+,31?/m1/s1. The van der Waals surface area contributed by atoms with Crippen molar-refractivity contribution in [2.24, 2.45) is 11.3 Å². The zero-order valence-corrected chi connectivity index (χ0v) is 26.3. The molecule has 1 unspecified atom stereocenters. The van der Waals surface area contributed by atoms with Crippen LogP contribution >= 0.6 is 0 Å². The van der Waals surface area contributed by atoms with Crippen LogP contribution in [-0.4, -0.2) is 97.8 Å². The van der Waals surface area contributed by atoms with Crippen molar-refractivity contribution in [1.82, 2.24) is 9.80 Å². The van der Waals surface area contributed by atoms with Gasteiger partial charge in [0.25, 0.3) is 0 Å². The first-order valence-corrected chi connectivity index (χ1v) is 15.2. The van der Waals surface area contributed by atoms with Crippen LogP contribution in [0.5, 0.6) is 5.75 Å². The fourth-order valence-corrected chi connectivity index (χ4v) is 6.62. The van der Waals surface area contributed by atoms with Crippen LogP contribution in [-0.2, 0) is 16.0 Å². The van der Waals surface area contributed by atoms with Gasteiger partial charge in [-0.05, 0) is 49.3 Å². The number of hydrogen-bond donors (Lipinski definition) is 1. The highest BCUT2D eigenvalue weighted by molar-refractivity contribution is 5.79. The molecule has 224 valence electrons. The Hall–Kier alpha value is -2.38. The van der Waals surface area contributed by atoms with Crippen LogP contribution < -0.4 is 4.74 Å². The highest BCUT2D eigenvalue weighted by Crippen LogP contribution is 2.44. The Balaban J connectivity index is 1.90. The highest BCUT2D eigenvalue weighted by Gasteiger charge is 2.48.